The van der Waals surface area contributed by atoms with Crippen LogP contribution in [0.2, 0.25) is 0 Å². The van der Waals surface area contributed by atoms with Gasteiger partial charge in [0.05, 0.1) is 13.2 Å². The molecule has 0 bridgehead atoms. The standard InChI is InChI=1S/C13H17Br2NO/c1-9(16-6-13(2)7-17-8-13)11-4-3-10(14)5-12(11)15/h3-5,9,16H,6-8H2,1-2H3. The van der Waals surface area contributed by atoms with Crippen molar-refractivity contribution in [2.24, 2.45) is 5.41 Å². The van der Waals surface area contributed by atoms with Gasteiger partial charge in [0, 0.05) is 26.9 Å². The molecule has 1 aliphatic rings. The Hall–Kier alpha value is 0.1000. The molecule has 4 heteroatoms. The van der Waals surface area contributed by atoms with E-state index in [9.17, 15) is 0 Å². The molecule has 1 heterocycles. The van der Waals surface area contributed by atoms with Crippen molar-refractivity contribution in [3.8, 4) is 0 Å². The van der Waals surface area contributed by atoms with Crippen molar-refractivity contribution in [3.63, 3.8) is 0 Å². The van der Waals surface area contributed by atoms with Crippen LogP contribution in [0.4, 0.5) is 0 Å². The average molecular weight is 363 g/mol. The second-order valence-electron chi connectivity index (χ2n) is 5.07. The van der Waals surface area contributed by atoms with Crippen molar-refractivity contribution in [1.29, 1.82) is 0 Å². The zero-order valence-electron chi connectivity index (χ0n) is 10.1. The summed E-state index contributed by atoms with van der Waals surface area (Å²) in [6, 6.07) is 6.65. The Morgan fingerprint density at radius 3 is 2.65 bits per heavy atom. The van der Waals surface area contributed by atoms with Crippen molar-refractivity contribution in [2.75, 3.05) is 19.8 Å². The van der Waals surface area contributed by atoms with Crippen LogP contribution in [0.25, 0.3) is 0 Å². The van der Waals surface area contributed by atoms with E-state index in [1.165, 1.54) is 5.56 Å². The fraction of sp³-hybridized carbons (Fsp3) is 0.538. The van der Waals surface area contributed by atoms with Crippen molar-refractivity contribution in [3.05, 3.63) is 32.7 Å². The molecule has 0 radical (unpaired) electrons. The summed E-state index contributed by atoms with van der Waals surface area (Å²) in [5.41, 5.74) is 1.60. The lowest BCUT2D eigenvalue weighted by molar-refractivity contribution is -0.0999. The molecule has 1 aliphatic heterocycles. The monoisotopic (exact) mass is 361 g/mol. The minimum Gasteiger partial charge on any atom is -0.380 e. The fourth-order valence-electron chi connectivity index (χ4n) is 1.91. The Kier molecular flexibility index (Phi) is 4.29. The maximum atomic E-state index is 5.26. The van der Waals surface area contributed by atoms with E-state index in [1.807, 2.05) is 0 Å². The SMILES string of the molecule is CC(NCC1(C)COC1)c1ccc(Br)cc1Br. The van der Waals surface area contributed by atoms with E-state index >= 15 is 0 Å². The fourth-order valence-corrected chi connectivity index (χ4v) is 3.31. The molecule has 0 aromatic heterocycles. The zero-order chi connectivity index (χ0) is 12.5. The predicted octanol–water partition coefficient (Wildman–Crippen LogP) is 3.90. The highest BCUT2D eigenvalue weighted by Crippen LogP contribution is 2.29. The summed E-state index contributed by atoms with van der Waals surface area (Å²) in [7, 11) is 0. The van der Waals surface area contributed by atoms with Gasteiger partial charge in [0.1, 0.15) is 0 Å². The van der Waals surface area contributed by atoms with Crippen molar-refractivity contribution >= 4 is 31.9 Å². The van der Waals surface area contributed by atoms with Crippen LogP contribution in [0, 0.1) is 5.41 Å². The summed E-state index contributed by atoms with van der Waals surface area (Å²) in [5, 5.41) is 3.58. The Morgan fingerprint density at radius 1 is 1.41 bits per heavy atom. The molecule has 1 aromatic rings. The van der Waals surface area contributed by atoms with Crippen molar-refractivity contribution in [1.82, 2.24) is 5.32 Å². The quantitative estimate of drug-likeness (QED) is 0.876. The van der Waals surface area contributed by atoms with E-state index in [0.717, 1.165) is 28.7 Å². The van der Waals surface area contributed by atoms with Crippen LogP contribution in [0.15, 0.2) is 27.1 Å². The van der Waals surface area contributed by atoms with E-state index in [2.05, 4.69) is 69.2 Å². The van der Waals surface area contributed by atoms with Crippen LogP contribution >= 0.6 is 31.9 Å². The summed E-state index contributed by atoms with van der Waals surface area (Å²) in [6.07, 6.45) is 0. The number of nitrogens with one attached hydrogen (secondary N) is 1. The van der Waals surface area contributed by atoms with E-state index in [-0.39, 0.29) is 0 Å². The van der Waals surface area contributed by atoms with Crippen LogP contribution in [-0.4, -0.2) is 19.8 Å². The highest BCUT2D eigenvalue weighted by Gasteiger charge is 2.33. The van der Waals surface area contributed by atoms with E-state index < -0.39 is 0 Å². The molecule has 0 spiro atoms. The van der Waals surface area contributed by atoms with Crippen molar-refractivity contribution < 1.29 is 4.74 Å². The summed E-state index contributed by atoms with van der Waals surface area (Å²) in [4.78, 5) is 0. The number of hydrogen-bond donors (Lipinski definition) is 1. The molecule has 1 aromatic carbocycles. The number of benzene rings is 1. The molecule has 0 aliphatic carbocycles. The van der Waals surface area contributed by atoms with Gasteiger partial charge in [0.2, 0.25) is 0 Å². The van der Waals surface area contributed by atoms with Gasteiger partial charge >= 0.3 is 0 Å². The minimum absolute atomic E-state index is 0.316. The van der Waals surface area contributed by atoms with E-state index in [0.29, 0.717) is 11.5 Å². The van der Waals surface area contributed by atoms with Gasteiger partial charge in [-0.2, -0.15) is 0 Å². The maximum Gasteiger partial charge on any atom is 0.0554 e. The van der Waals surface area contributed by atoms with Gasteiger partial charge in [0.25, 0.3) is 0 Å². The molecular formula is C13H17Br2NO. The lowest BCUT2D eigenvalue weighted by Gasteiger charge is -2.39. The Balaban J connectivity index is 1.96. The van der Waals surface area contributed by atoms with Gasteiger partial charge in [-0.25, -0.2) is 0 Å². The topological polar surface area (TPSA) is 21.3 Å². The van der Waals surface area contributed by atoms with Crippen molar-refractivity contribution in [2.45, 2.75) is 19.9 Å². The largest absolute Gasteiger partial charge is 0.380 e. The number of ether oxygens (including phenoxy) is 1. The molecule has 94 valence electrons. The molecule has 1 N–H and O–H groups in total. The third kappa shape index (κ3) is 3.31. The third-order valence-corrected chi connectivity index (χ3v) is 4.35. The summed E-state index contributed by atoms with van der Waals surface area (Å²) >= 11 is 7.07. The lowest BCUT2D eigenvalue weighted by atomic mass is 9.88. The highest BCUT2D eigenvalue weighted by atomic mass is 79.9. The van der Waals surface area contributed by atoms with E-state index in [4.69, 9.17) is 4.74 Å². The molecule has 1 atom stereocenters. The van der Waals surface area contributed by atoms with Crippen LogP contribution in [0.3, 0.4) is 0 Å². The Bertz CT molecular complexity index is 404. The third-order valence-electron chi connectivity index (χ3n) is 3.17. The Morgan fingerprint density at radius 2 is 2.12 bits per heavy atom. The van der Waals surface area contributed by atoms with Gasteiger partial charge in [-0.15, -0.1) is 0 Å². The molecule has 0 saturated carbocycles. The second kappa shape index (κ2) is 5.39. The normalized spacial score (nSPS) is 19.8. The lowest BCUT2D eigenvalue weighted by Crippen LogP contribution is -2.47. The van der Waals surface area contributed by atoms with E-state index in [1.54, 1.807) is 0 Å². The molecule has 1 saturated heterocycles. The molecule has 1 unspecified atom stereocenters. The summed E-state index contributed by atoms with van der Waals surface area (Å²) in [6.45, 7) is 7.18. The first-order valence-corrected chi connectivity index (χ1v) is 7.35. The smallest absolute Gasteiger partial charge is 0.0554 e. The summed E-state index contributed by atoms with van der Waals surface area (Å²) < 4.78 is 7.50. The Labute approximate surface area is 119 Å². The van der Waals surface area contributed by atoms with Gasteiger partial charge in [-0.05, 0) is 24.6 Å². The van der Waals surface area contributed by atoms with Crippen LogP contribution < -0.4 is 5.32 Å². The molecular weight excluding hydrogens is 346 g/mol. The molecule has 2 nitrogen and oxygen atoms in total. The van der Waals surface area contributed by atoms with Crippen LogP contribution in [0.5, 0.6) is 0 Å². The molecule has 0 amide bonds. The maximum absolute atomic E-state index is 5.26. The van der Waals surface area contributed by atoms with Crippen LogP contribution in [0.1, 0.15) is 25.5 Å². The zero-order valence-corrected chi connectivity index (χ0v) is 13.3. The first-order valence-electron chi connectivity index (χ1n) is 5.76. The average Bonchev–Trinajstić information content (AvgIpc) is 2.23. The first kappa shape index (κ1) is 13.5. The van der Waals surface area contributed by atoms with Crippen LogP contribution in [-0.2, 0) is 4.74 Å². The second-order valence-corrected chi connectivity index (χ2v) is 6.84. The number of halogens is 2. The first-order chi connectivity index (χ1) is 8.00. The molecule has 1 fully saturated rings. The molecule has 17 heavy (non-hydrogen) atoms. The van der Waals surface area contributed by atoms with Gasteiger partial charge in [-0.1, -0.05) is 44.8 Å². The predicted molar refractivity (Wildman–Crippen MR) is 77.2 cm³/mol. The summed E-state index contributed by atoms with van der Waals surface area (Å²) in [5.74, 6) is 0. The number of hydrogen-bond acceptors (Lipinski definition) is 2. The van der Waals surface area contributed by atoms with Gasteiger partial charge in [-0.3, -0.25) is 0 Å². The number of rotatable bonds is 4. The van der Waals surface area contributed by atoms with Gasteiger partial charge < -0.3 is 10.1 Å². The molecule has 2 rings (SSSR count). The van der Waals surface area contributed by atoms with Gasteiger partial charge in [0.15, 0.2) is 0 Å². The highest BCUT2D eigenvalue weighted by molar-refractivity contribution is 9.11. The minimum atomic E-state index is 0.316.